The van der Waals surface area contributed by atoms with Crippen LogP contribution in [0.4, 0.5) is 5.69 Å². The van der Waals surface area contributed by atoms with E-state index in [1.165, 1.54) is 0 Å². The van der Waals surface area contributed by atoms with Crippen molar-refractivity contribution < 1.29 is 19.1 Å². The van der Waals surface area contributed by atoms with E-state index in [9.17, 15) is 9.59 Å². The predicted octanol–water partition coefficient (Wildman–Crippen LogP) is 3.76. The van der Waals surface area contributed by atoms with Gasteiger partial charge in [0.05, 0.1) is 19.9 Å². The third kappa shape index (κ3) is 6.15. The lowest BCUT2D eigenvalue weighted by molar-refractivity contribution is -0.128. The standard InChI is InChI=1S/C21H32N2O4/c1-4-5-6-13-22-20(24)15-7-9-16(10-8-15)21(25)23-18-12-11-17(26-2)14-19(18)27-3/h11-12,14-16H,4-10,13H2,1-3H3,(H,22,24)(H,23,25). The van der Waals surface area contributed by atoms with Gasteiger partial charge >= 0.3 is 0 Å². The second kappa shape index (κ2) is 10.8. The Kier molecular flexibility index (Phi) is 8.43. The molecule has 0 radical (unpaired) electrons. The number of amides is 2. The summed E-state index contributed by atoms with van der Waals surface area (Å²) in [6.45, 7) is 2.90. The van der Waals surface area contributed by atoms with E-state index in [0.717, 1.165) is 51.5 Å². The summed E-state index contributed by atoms with van der Waals surface area (Å²) >= 11 is 0. The maximum absolute atomic E-state index is 12.6. The van der Waals surface area contributed by atoms with E-state index >= 15 is 0 Å². The molecule has 1 aromatic rings. The largest absolute Gasteiger partial charge is 0.497 e. The first-order valence-electron chi connectivity index (χ1n) is 9.89. The second-order valence-electron chi connectivity index (χ2n) is 7.10. The summed E-state index contributed by atoms with van der Waals surface area (Å²) in [6.07, 6.45) is 6.31. The van der Waals surface area contributed by atoms with Gasteiger partial charge in [-0.1, -0.05) is 19.8 Å². The summed E-state index contributed by atoms with van der Waals surface area (Å²) in [5.41, 5.74) is 0.638. The van der Waals surface area contributed by atoms with Gasteiger partial charge in [-0.15, -0.1) is 0 Å². The Bertz CT molecular complexity index is 625. The van der Waals surface area contributed by atoms with Gasteiger partial charge in [0.2, 0.25) is 11.8 Å². The number of benzene rings is 1. The first-order chi connectivity index (χ1) is 13.1. The monoisotopic (exact) mass is 376 g/mol. The number of ether oxygens (including phenoxy) is 2. The van der Waals surface area contributed by atoms with Crippen LogP contribution in [0.2, 0.25) is 0 Å². The van der Waals surface area contributed by atoms with Gasteiger partial charge in [0, 0.05) is 24.4 Å². The van der Waals surface area contributed by atoms with E-state index in [1.54, 1.807) is 32.4 Å². The molecule has 0 saturated heterocycles. The van der Waals surface area contributed by atoms with Crippen molar-refractivity contribution in [2.45, 2.75) is 51.9 Å². The molecule has 0 spiro atoms. The van der Waals surface area contributed by atoms with E-state index in [-0.39, 0.29) is 23.7 Å². The molecule has 0 aromatic heterocycles. The average Bonchev–Trinajstić information content (AvgIpc) is 2.71. The van der Waals surface area contributed by atoms with E-state index in [1.807, 2.05) is 0 Å². The molecule has 0 atom stereocenters. The molecule has 6 heteroatoms. The van der Waals surface area contributed by atoms with Crippen molar-refractivity contribution in [2.24, 2.45) is 11.8 Å². The number of nitrogens with one attached hydrogen (secondary N) is 2. The summed E-state index contributed by atoms with van der Waals surface area (Å²) in [5, 5.41) is 5.98. The maximum Gasteiger partial charge on any atom is 0.227 e. The van der Waals surface area contributed by atoms with Crippen LogP contribution < -0.4 is 20.1 Å². The number of carbonyl (C=O) groups excluding carboxylic acids is 2. The molecular formula is C21H32N2O4. The van der Waals surface area contributed by atoms with E-state index in [2.05, 4.69) is 17.6 Å². The molecule has 150 valence electrons. The highest BCUT2D eigenvalue weighted by Crippen LogP contribution is 2.33. The predicted molar refractivity (Wildman–Crippen MR) is 106 cm³/mol. The van der Waals surface area contributed by atoms with Gasteiger partial charge in [0.1, 0.15) is 11.5 Å². The molecule has 0 aliphatic heterocycles. The number of hydrogen-bond donors (Lipinski definition) is 2. The van der Waals surface area contributed by atoms with Crippen LogP contribution in [0.25, 0.3) is 0 Å². The molecule has 1 aromatic carbocycles. The fourth-order valence-electron chi connectivity index (χ4n) is 3.49. The lowest BCUT2D eigenvalue weighted by Gasteiger charge is -2.27. The number of anilines is 1. The van der Waals surface area contributed by atoms with Crippen molar-refractivity contribution in [1.29, 1.82) is 0 Å². The Morgan fingerprint density at radius 1 is 1.00 bits per heavy atom. The Labute approximate surface area is 162 Å². The highest BCUT2D eigenvalue weighted by molar-refractivity contribution is 5.94. The zero-order valence-electron chi connectivity index (χ0n) is 16.7. The van der Waals surface area contributed by atoms with E-state index < -0.39 is 0 Å². The fourth-order valence-corrected chi connectivity index (χ4v) is 3.49. The van der Waals surface area contributed by atoms with Crippen LogP contribution in [-0.4, -0.2) is 32.6 Å². The topological polar surface area (TPSA) is 76.7 Å². The lowest BCUT2D eigenvalue weighted by Crippen LogP contribution is -2.36. The molecule has 2 N–H and O–H groups in total. The van der Waals surface area contributed by atoms with Crippen molar-refractivity contribution in [3.8, 4) is 11.5 Å². The van der Waals surface area contributed by atoms with Crippen molar-refractivity contribution in [3.05, 3.63) is 18.2 Å². The van der Waals surface area contributed by atoms with Crippen molar-refractivity contribution >= 4 is 17.5 Å². The van der Waals surface area contributed by atoms with Gasteiger partial charge in [0.15, 0.2) is 0 Å². The van der Waals surface area contributed by atoms with Gasteiger partial charge in [0.25, 0.3) is 0 Å². The summed E-state index contributed by atoms with van der Waals surface area (Å²) in [4.78, 5) is 24.8. The molecule has 2 amide bonds. The zero-order valence-corrected chi connectivity index (χ0v) is 16.7. The molecule has 2 rings (SSSR count). The summed E-state index contributed by atoms with van der Waals surface area (Å²) in [7, 11) is 3.15. The first-order valence-corrected chi connectivity index (χ1v) is 9.89. The second-order valence-corrected chi connectivity index (χ2v) is 7.10. The Morgan fingerprint density at radius 3 is 2.26 bits per heavy atom. The molecule has 0 heterocycles. The number of methoxy groups -OCH3 is 2. The molecule has 27 heavy (non-hydrogen) atoms. The summed E-state index contributed by atoms with van der Waals surface area (Å²) in [5.74, 6) is 1.34. The Hall–Kier alpha value is -2.24. The van der Waals surface area contributed by atoms with E-state index in [4.69, 9.17) is 9.47 Å². The molecule has 6 nitrogen and oxygen atoms in total. The molecule has 0 bridgehead atoms. The van der Waals surface area contributed by atoms with Crippen molar-refractivity contribution in [3.63, 3.8) is 0 Å². The third-order valence-corrected chi connectivity index (χ3v) is 5.21. The number of rotatable bonds is 9. The van der Waals surface area contributed by atoms with Gasteiger partial charge in [-0.2, -0.15) is 0 Å². The van der Waals surface area contributed by atoms with Gasteiger partial charge in [-0.25, -0.2) is 0 Å². The normalized spacial score (nSPS) is 19.2. The summed E-state index contributed by atoms with van der Waals surface area (Å²) < 4.78 is 10.5. The van der Waals surface area contributed by atoms with Gasteiger partial charge < -0.3 is 20.1 Å². The third-order valence-electron chi connectivity index (χ3n) is 5.21. The molecule has 0 unspecified atom stereocenters. The summed E-state index contributed by atoms with van der Waals surface area (Å²) in [6, 6.07) is 5.32. The highest BCUT2D eigenvalue weighted by Gasteiger charge is 2.30. The quantitative estimate of drug-likeness (QED) is 0.644. The maximum atomic E-state index is 12.6. The molecule has 1 aliphatic rings. The highest BCUT2D eigenvalue weighted by atomic mass is 16.5. The lowest BCUT2D eigenvalue weighted by atomic mass is 9.81. The van der Waals surface area contributed by atoms with Crippen molar-refractivity contribution in [2.75, 3.05) is 26.1 Å². The first kappa shape index (κ1) is 21.1. The Morgan fingerprint density at radius 2 is 1.67 bits per heavy atom. The van der Waals surface area contributed by atoms with Crippen LogP contribution in [0.5, 0.6) is 11.5 Å². The molecule has 1 aliphatic carbocycles. The smallest absolute Gasteiger partial charge is 0.227 e. The molecular weight excluding hydrogens is 344 g/mol. The average molecular weight is 376 g/mol. The van der Waals surface area contributed by atoms with Crippen LogP contribution in [-0.2, 0) is 9.59 Å². The van der Waals surface area contributed by atoms with E-state index in [0.29, 0.717) is 17.2 Å². The number of carbonyl (C=O) groups is 2. The van der Waals surface area contributed by atoms with Crippen LogP contribution in [0.3, 0.4) is 0 Å². The number of unbranched alkanes of at least 4 members (excludes halogenated alkanes) is 2. The van der Waals surface area contributed by atoms with Crippen LogP contribution in [0.1, 0.15) is 51.9 Å². The SMILES string of the molecule is CCCCCNC(=O)C1CCC(C(=O)Nc2ccc(OC)cc2OC)CC1. The minimum Gasteiger partial charge on any atom is -0.497 e. The number of hydrogen-bond acceptors (Lipinski definition) is 4. The Balaban J connectivity index is 1.82. The van der Waals surface area contributed by atoms with Gasteiger partial charge in [-0.05, 0) is 44.2 Å². The minimum absolute atomic E-state index is 0.0136. The molecule has 1 fully saturated rings. The molecule has 1 saturated carbocycles. The zero-order chi connectivity index (χ0) is 19.6. The van der Waals surface area contributed by atoms with Crippen LogP contribution >= 0.6 is 0 Å². The minimum atomic E-state index is -0.0686. The fraction of sp³-hybridized carbons (Fsp3) is 0.619. The van der Waals surface area contributed by atoms with Crippen molar-refractivity contribution in [1.82, 2.24) is 5.32 Å². The van der Waals surface area contributed by atoms with Crippen LogP contribution in [0, 0.1) is 11.8 Å². The van der Waals surface area contributed by atoms with Gasteiger partial charge in [-0.3, -0.25) is 9.59 Å². The van der Waals surface area contributed by atoms with Crippen LogP contribution in [0.15, 0.2) is 18.2 Å².